The van der Waals surface area contributed by atoms with E-state index in [4.69, 9.17) is 0 Å². The minimum absolute atomic E-state index is 0.210. The Hall–Kier alpha value is -1.07. The Morgan fingerprint density at radius 2 is 1.75 bits per heavy atom. The molecule has 0 radical (unpaired) electrons. The summed E-state index contributed by atoms with van der Waals surface area (Å²) in [6.07, 6.45) is 4.69. The van der Waals surface area contributed by atoms with E-state index in [2.05, 4.69) is 25.9 Å². The molecule has 2 aliphatic rings. The molecule has 5 heteroatoms. The van der Waals surface area contributed by atoms with Gasteiger partial charge in [-0.05, 0) is 48.3 Å². The highest BCUT2D eigenvalue weighted by molar-refractivity contribution is 9.10. The fraction of sp³-hybridized carbons (Fsp3) is 0.533. The lowest BCUT2D eigenvalue weighted by Crippen LogP contribution is -2.03. The molecular weight excluding hydrogens is 320 g/mol. The van der Waals surface area contributed by atoms with Crippen LogP contribution in [0.5, 0.6) is 0 Å². The largest absolute Gasteiger partial charge is 0.388 e. The van der Waals surface area contributed by atoms with E-state index < -0.39 is 6.10 Å². The van der Waals surface area contributed by atoms with Gasteiger partial charge in [-0.15, -0.1) is 0 Å². The first-order valence-corrected chi connectivity index (χ1v) is 8.04. The maximum Gasteiger partial charge on any atom is 0.323 e. The van der Waals surface area contributed by atoms with Crippen molar-refractivity contribution in [3.63, 3.8) is 0 Å². The predicted molar refractivity (Wildman–Crippen MR) is 80.5 cm³/mol. The molecular formula is C15H17BrN2O2. The second kappa shape index (κ2) is 4.46. The van der Waals surface area contributed by atoms with Crippen molar-refractivity contribution >= 4 is 27.0 Å². The zero-order valence-corrected chi connectivity index (χ0v) is 12.6. The van der Waals surface area contributed by atoms with Gasteiger partial charge in [-0.1, -0.05) is 28.8 Å². The molecule has 1 aromatic heterocycles. The van der Waals surface area contributed by atoms with Crippen molar-refractivity contribution in [2.45, 2.75) is 31.8 Å². The Labute approximate surface area is 124 Å². The maximum atomic E-state index is 11.3. The minimum Gasteiger partial charge on any atom is -0.388 e. The van der Waals surface area contributed by atoms with Crippen LogP contribution in [-0.2, 0) is 0 Å². The molecule has 2 aromatic rings. The number of aliphatic hydroxyl groups is 1. The van der Waals surface area contributed by atoms with Crippen molar-refractivity contribution in [1.29, 1.82) is 0 Å². The summed E-state index contributed by atoms with van der Waals surface area (Å²) in [5, 5.41) is 10.7. The van der Waals surface area contributed by atoms with E-state index in [-0.39, 0.29) is 5.69 Å². The topological polar surface area (TPSA) is 68.9 Å². The number of benzene rings is 1. The predicted octanol–water partition coefficient (Wildman–Crippen LogP) is 3.09. The molecule has 3 N–H and O–H groups in total. The Morgan fingerprint density at radius 1 is 1.15 bits per heavy atom. The van der Waals surface area contributed by atoms with Gasteiger partial charge in [0, 0.05) is 4.47 Å². The Morgan fingerprint density at radius 3 is 2.40 bits per heavy atom. The molecule has 0 saturated heterocycles. The number of rotatable bonds is 2. The average molecular weight is 337 g/mol. The summed E-state index contributed by atoms with van der Waals surface area (Å²) in [6, 6.07) is 3.77. The summed E-state index contributed by atoms with van der Waals surface area (Å²) < 4.78 is 0.872. The van der Waals surface area contributed by atoms with Crippen LogP contribution >= 0.6 is 15.9 Å². The lowest BCUT2D eigenvalue weighted by atomic mass is 10.0. The Bertz CT molecular complexity index is 708. The summed E-state index contributed by atoms with van der Waals surface area (Å²) in [4.78, 5) is 16.8. The molecule has 1 heterocycles. The number of nitrogens with one attached hydrogen (secondary N) is 2. The van der Waals surface area contributed by atoms with E-state index in [1.54, 1.807) is 0 Å². The number of H-pyrrole nitrogens is 2. The van der Waals surface area contributed by atoms with E-state index in [1.165, 1.54) is 25.7 Å². The van der Waals surface area contributed by atoms with Gasteiger partial charge in [-0.3, -0.25) is 0 Å². The Balaban J connectivity index is 1.70. The quantitative estimate of drug-likeness (QED) is 0.788. The van der Waals surface area contributed by atoms with Crippen molar-refractivity contribution in [2.24, 2.45) is 17.8 Å². The molecule has 0 amide bonds. The summed E-state index contributed by atoms with van der Waals surface area (Å²) >= 11 is 3.53. The molecule has 0 spiro atoms. The van der Waals surface area contributed by atoms with Gasteiger partial charge in [-0.2, -0.15) is 0 Å². The van der Waals surface area contributed by atoms with Gasteiger partial charge in [0.15, 0.2) is 0 Å². The zero-order valence-electron chi connectivity index (χ0n) is 11.0. The number of hydrogen-bond acceptors (Lipinski definition) is 2. The highest BCUT2D eigenvalue weighted by Gasteiger charge is 2.54. The molecule has 1 aromatic carbocycles. The van der Waals surface area contributed by atoms with Crippen LogP contribution in [0, 0.1) is 17.8 Å². The number of halogens is 1. The van der Waals surface area contributed by atoms with E-state index in [1.807, 2.05) is 12.1 Å². The lowest BCUT2D eigenvalue weighted by molar-refractivity contribution is 0.141. The van der Waals surface area contributed by atoms with Crippen LogP contribution in [0.2, 0.25) is 0 Å². The van der Waals surface area contributed by atoms with Crippen LogP contribution in [0.1, 0.15) is 37.4 Å². The van der Waals surface area contributed by atoms with E-state index >= 15 is 0 Å². The standard InChI is InChI=1S/C15H17BrN2O2/c16-10-6-12-11(17-15(20)18-12)5-9(10)14(19)13-7-3-1-2-4-8(7)13/h5-8,13-14,19H,1-4H2,(H2,17,18,20). The maximum absolute atomic E-state index is 11.3. The second-order valence-electron chi connectivity index (χ2n) is 6.13. The number of aliphatic hydroxyl groups excluding tert-OH is 1. The van der Waals surface area contributed by atoms with E-state index in [0.29, 0.717) is 17.8 Å². The SMILES string of the molecule is O=c1[nH]c2cc(Br)c(C(O)C3C4CCCCC43)cc2[nH]1. The number of hydrogen-bond donors (Lipinski definition) is 3. The molecule has 2 saturated carbocycles. The van der Waals surface area contributed by atoms with E-state index in [0.717, 1.165) is 21.1 Å². The van der Waals surface area contributed by atoms with Gasteiger partial charge in [-0.25, -0.2) is 4.79 Å². The van der Waals surface area contributed by atoms with Crippen LogP contribution in [0.3, 0.4) is 0 Å². The molecule has 20 heavy (non-hydrogen) atoms. The van der Waals surface area contributed by atoms with Crippen molar-refractivity contribution in [2.75, 3.05) is 0 Å². The van der Waals surface area contributed by atoms with Crippen molar-refractivity contribution in [3.05, 3.63) is 32.7 Å². The van der Waals surface area contributed by atoms with Crippen LogP contribution < -0.4 is 5.69 Å². The number of imidazole rings is 1. The van der Waals surface area contributed by atoms with Gasteiger partial charge >= 0.3 is 5.69 Å². The molecule has 0 aliphatic heterocycles. The first kappa shape index (κ1) is 12.7. The number of aromatic nitrogens is 2. The van der Waals surface area contributed by atoms with Gasteiger partial charge in [0.1, 0.15) is 0 Å². The molecule has 106 valence electrons. The smallest absolute Gasteiger partial charge is 0.323 e. The highest BCUT2D eigenvalue weighted by atomic mass is 79.9. The van der Waals surface area contributed by atoms with Crippen molar-refractivity contribution in [1.82, 2.24) is 9.97 Å². The third-order valence-corrected chi connectivity index (χ3v) is 5.73. The minimum atomic E-state index is -0.430. The molecule has 3 atom stereocenters. The van der Waals surface area contributed by atoms with E-state index in [9.17, 15) is 9.90 Å². The summed E-state index contributed by atoms with van der Waals surface area (Å²) in [5.74, 6) is 1.80. The van der Waals surface area contributed by atoms with Crippen LogP contribution in [-0.4, -0.2) is 15.1 Å². The third-order valence-electron chi connectivity index (χ3n) is 5.04. The number of aromatic amines is 2. The first-order valence-electron chi connectivity index (χ1n) is 7.24. The average Bonchev–Trinajstić information content (AvgIpc) is 3.04. The molecule has 3 unspecified atom stereocenters. The molecule has 4 nitrogen and oxygen atoms in total. The zero-order chi connectivity index (χ0) is 13.9. The molecule has 2 fully saturated rings. The number of fused-ring (bicyclic) bond motifs is 2. The first-order chi connectivity index (χ1) is 9.65. The van der Waals surface area contributed by atoms with Crippen molar-refractivity contribution in [3.8, 4) is 0 Å². The monoisotopic (exact) mass is 336 g/mol. The fourth-order valence-corrected chi connectivity index (χ4v) is 4.60. The molecule has 0 bridgehead atoms. The van der Waals surface area contributed by atoms with Crippen molar-refractivity contribution < 1.29 is 5.11 Å². The second-order valence-corrected chi connectivity index (χ2v) is 6.99. The highest BCUT2D eigenvalue weighted by Crippen LogP contribution is 2.60. The molecule has 4 rings (SSSR count). The third kappa shape index (κ3) is 1.87. The lowest BCUT2D eigenvalue weighted by Gasteiger charge is -2.13. The van der Waals surface area contributed by atoms with Crippen LogP contribution in [0.25, 0.3) is 11.0 Å². The summed E-state index contributed by atoms with van der Waals surface area (Å²) in [7, 11) is 0. The van der Waals surface area contributed by atoms with Crippen LogP contribution in [0.15, 0.2) is 21.4 Å². The summed E-state index contributed by atoms with van der Waals surface area (Å²) in [5.41, 5.74) is 2.22. The molecule has 2 aliphatic carbocycles. The van der Waals surface area contributed by atoms with Gasteiger partial charge in [0.2, 0.25) is 0 Å². The van der Waals surface area contributed by atoms with Crippen LogP contribution in [0.4, 0.5) is 0 Å². The van der Waals surface area contributed by atoms with Gasteiger partial charge < -0.3 is 15.1 Å². The Kier molecular flexibility index (Phi) is 2.82. The summed E-state index contributed by atoms with van der Waals surface area (Å²) in [6.45, 7) is 0. The van der Waals surface area contributed by atoms with Gasteiger partial charge in [0.25, 0.3) is 0 Å². The fourth-order valence-electron chi connectivity index (χ4n) is 4.02. The normalized spacial score (nSPS) is 30.2. The van der Waals surface area contributed by atoms with Gasteiger partial charge in [0.05, 0.1) is 17.1 Å².